The van der Waals surface area contributed by atoms with Gasteiger partial charge >= 0.3 is 0 Å². The molecule has 2 N–H and O–H groups in total. The molecular weight excluding hydrogens is 334 g/mol. The van der Waals surface area contributed by atoms with E-state index in [1.54, 1.807) is 0 Å². The number of benzene rings is 3. The molecule has 27 heavy (non-hydrogen) atoms. The van der Waals surface area contributed by atoms with E-state index in [1.165, 1.54) is 5.56 Å². The van der Waals surface area contributed by atoms with Crippen molar-refractivity contribution in [2.45, 2.75) is 13.0 Å². The first kappa shape index (κ1) is 18.5. The number of hydrogen-bond acceptors (Lipinski definition) is 3. The molecule has 0 radical (unpaired) electrons. The van der Waals surface area contributed by atoms with Crippen LogP contribution < -0.4 is 15.5 Å². The number of nitrogens with zero attached hydrogens (tertiary/aromatic N) is 1. The summed E-state index contributed by atoms with van der Waals surface area (Å²) in [5.74, 6) is -0.112. The molecule has 4 heteroatoms. The monoisotopic (exact) mass is 359 g/mol. The quantitative estimate of drug-likeness (QED) is 0.637. The van der Waals surface area contributed by atoms with Crippen molar-refractivity contribution in [2.75, 3.05) is 29.6 Å². The third kappa shape index (κ3) is 4.88. The van der Waals surface area contributed by atoms with Crippen LogP contribution in [0.3, 0.4) is 0 Å². The summed E-state index contributed by atoms with van der Waals surface area (Å²) in [4.78, 5) is 14.4. The van der Waals surface area contributed by atoms with Crippen LogP contribution in [0.2, 0.25) is 0 Å². The van der Waals surface area contributed by atoms with Gasteiger partial charge in [-0.05, 0) is 61.0 Å². The summed E-state index contributed by atoms with van der Waals surface area (Å²) >= 11 is 0. The van der Waals surface area contributed by atoms with Gasteiger partial charge in [0.25, 0.3) is 5.91 Å². The zero-order valence-corrected chi connectivity index (χ0v) is 15.9. The van der Waals surface area contributed by atoms with Gasteiger partial charge in [0.2, 0.25) is 0 Å². The summed E-state index contributed by atoms with van der Waals surface area (Å²) in [6.45, 7) is 2.13. The molecule has 0 fully saturated rings. The largest absolute Gasteiger partial charge is 0.379 e. The summed E-state index contributed by atoms with van der Waals surface area (Å²) in [6.07, 6.45) is 0. The molecular formula is C23H25N3O. The highest BCUT2D eigenvalue weighted by Gasteiger charge is 2.08. The number of carbonyl (C=O) groups excluding carboxylic acids is 1. The summed E-state index contributed by atoms with van der Waals surface area (Å²) < 4.78 is 0. The third-order valence-corrected chi connectivity index (χ3v) is 4.47. The van der Waals surface area contributed by atoms with Gasteiger partial charge in [0.1, 0.15) is 0 Å². The Morgan fingerprint density at radius 1 is 0.815 bits per heavy atom. The first-order chi connectivity index (χ1) is 13.0. The zero-order valence-electron chi connectivity index (χ0n) is 15.9. The fraction of sp³-hybridized carbons (Fsp3) is 0.174. The van der Waals surface area contributed by atoms with Gasteiger partial charge in [0, 0.05) is 42.8 Å². The molecule has 0 aromatic heterocycles. The lowest BCUT2D eigenvalue weighted by molar-refractivity contribution is 0.102. The minimum absolute atomic E-state index is 0.112. The van der Waals surface area contributed by atoms with E-state index in [0.717, 1.165) is 17.1 Å². The first-order valence-corrected chi connectivity index (χ1v) is 9.03. The second kappa shape index (κ2) is 8.41. The van der Waals surface area contributed by atoms with Crippen LogP contribution in [0.4, 0.5) is 17.1 Å². The van der Waals surface area contributed by atoms with Crippen LogP contribution in [-0.2, 0) is 0 Å². The lowest BCUT2D eigenvalue weighted by atomic mass is 10.1. The van der Waals surface area contributed by atoms with Gasteiger partial charge in [-0.1, -0.05) is 30.3 Å². The highest BCUT2D eigenvalue weighted by molar-refractivity contribution is 6.04. The van der Waals surface area contributed by atoms with Gasteiger partial charge in [-0.25, -0.2) is 0 Å². The Balaban J connectivity index is 1.61. The fourth-order valence-corrected chi connectivity index (χ4v) is 2.84. The van der Waals surface area contributed by atoms with Crippen molar-refractivity contribution < 1.29 is 4.79 Å². The Bertz CT molecular complexity index is 872. The van der Waals surface area contributed by atoms with Crippen molar-refractivity contribution in [2.24, 2.45) is 0 Å². The Labute approximate surface area is 160 Å². The van der Waals surface area contributed by atoms with E-state index in [-0.39, 0.29) is 11.9 Å². The van der Waals surface area contributed by atoms with Gasteiger partial charge in [-0.3, -0.25) is 4.79 Å². The van der Waals surface area contributed by atoms with E-state index >= 15 is 0 Å². The van der Waals surface area contributed by atoms with Gasteiger partial charge in [-0.2, -0.15) is 0 Å². The van der Waals surface area contributed by atoms with E-state index in [4.69, 9.17) is 0 Å². The van der Waals surface area contributed by atoms with E-state index in [9.17, 15) is 4.79 Å². The molecule has 0 heterocycles. The maximum Gasteiger partial charge on any atom is 0.255 e. The van der Waals surface area contributed by atoms with Crippen LogP contribution in [0, 0.1) is 0 Å². The van der Waals surface area contributed by atoms with Crippen molar-refractivity contribution in [3.8, 4) is 0 Å². The van der Waals surface area contributed by atoms with E-state index < -0.39 is 0 Å². The number of rotatable bonds is 6. The average Bonchev–Trinajstić information content (AvgIpc) is 2.70. The third-order valence-electron chi connectivity index (χ3n) is 4.47. The normalized spacial score (nSPS) is 11.5. The van der Waals surface area contributed by atoms with Crippen LogP contribution in [0.5, 0.6) is 0 Å². The number of nitrogens with one attached hydrogen (secondary N) is 2. The van der Waals surface area contributed by atoms with Crippen LogP contribution in [0.1, 0.15) is 28.9 Å². The minimum atomic E-state index is -0.112. The predicted octanol–water partition coefficient (Wildman–Crippen LogP) is 5.18. The zero-order chi connectivity index (χ0) is 19.2. The molecule has 0 aliphatic carbocycles. The molecule has 138 valence electrons. The SMILES string of the molecule is CC(Nc1ccc(NC(=O)c2ccc(N(C)C)cc2)cc1)c1ccccc1. The lowest BCUT2D eigenvalue weighted by Gasteiger charge is -2.16. The van der Waals surface area contributed by atoms with Gasteiger partial charge in [-0.15, -0.1) is 0 Å². The number of carbonyl (C=O) groups is 1. The molecule has 1 amide bonds. The van der Waals surface area contributed by atoms with Crippen LogP contribution in [0.15, 0.2) is 78.9 Å². The maximum atomic E-state index is 12.4. The van der Waals surface area contributed by atoms with E-state index in [1.807, 2.05) is 85.7 Å². The molecule has 1 atom stereocenters. The Morgan fingerprint density at radius 3 is 2.00 bits per heavy atom. The summed E-state index contributed by atoms with van der Waals surface area (Å²) in [5, 5.41) is 6.41. The number of amides is 1. The molecule has 3 aromatic rings. The molecule has 0 spiro atoms. The van der Waals surface area contributed by atoms with Crippen LogP contribution >= 0.6 is 0 Å². The van der Waals surface area contributed by atoms with Crippen LogP contribution in [-0.4, -0.2) is 20.0 Å². The molecule has 0 saturated heterocycles. The first-order valence-electron chi connectivity index (χ1n) is 9.03. The van der Waals surface area contributed by atoms with E-state index in [0.29, 0.717) is 5.56 Å². The second-order valence-electron chi connectivity index (χ2n) is 6.75. The topological polar surface area (TPSA) is 44.4 Å². The molecule has 1 unspecified atom stereocenters. The standard InChI is InChI=1S/C23H25N3O/c1-17(18-7-5-4-6-8-18)24-20-11-13-21(14-12-20)25-23(27)19-9-15-22(16-10-19)26(2)3/h4-17,24H,1-3H3,(H,25,27). The number of anilines is 3. The summed E-state index contributed by atoms with van der Waals surface area (Å²) in [7, 11) is 3.95. The predicted molar refractivity (Wildman–Crippen MR) is 114 cm³/mol. The van der Waals surface area contributed by atoms with Crippen molar-refractivity contribution in [3.63, 3.8) is 0 Å². The van der Waals surface area contributed by atoms with E-state index in [2.05, 4.69) is 29.7 Å². The molecule has 3 aromatic carbocycles. The number of hydrogen-bond donors (Lipinski definition) is 2. The maximum absolute atomic E-state index is 12.4. The van der Waals surface area contributed by atoms with Gasteiger partial charge in [0.05, 0.1) is 0 Å². The highest BCUT2D eigenvalue weighted by Crippen LogP contribution is 2.21. The van der Waals surface area contributed by atoms with Crippen LogP contribution in [0.25, 0.3) is 0 Å². The van der Waals surface area contributed by atoms with Gasteiger partial charge in [0.15, 0.2) is 0 Å². The summed E-state index contributed by atoms with van der Waals surface area (Å²) in [6, 6.07) is 25.8. The van der Waals surface area contributed by atoms with Gasteiger partial charge < -0.3 is 15.5 Å². The Hall–Kier alpha value is -3.27. The molecule has 0 saturated carbocycles. The summed E-state index contributed by atoms with van der Waals surface area (Å²) in [5.41, 5.74) is 4.72. The highest BCUT2D eigenvalue weighted by atomic mass is 16.1. The lowest BCUT2D eigenvalue weighted by Crippen LogP contribution is -2.13. The smallest absolute Gasteiger partial charge is 0.255 e. The average molecular weight is 359 g/mol. The van der Waals surface area contributed by atoms with Crippen molar-refractivity contribution in [1.82, 2.24) is 0 Å². The molecule has 0 aliphatic rings. The Morgan fingerprint density at radius 2 is 1.41 bits per heavy atom. The molecule has 0 bridgehead atoms. The second-order valence-corrected chi connectivity index (χ2v) is 6.75. The minimum Gasteiger partial charge on any atom is -0.379 e. The van der Waals surface area contributed by atoms with Crippen molar-refractivity contribution in [3.05, 3.63) is 90.0 Å². The van der Waals surface area contributed by atoms with Crippen molar-refractivity contribution >= 4 is 23.0 Å². The Kier molecular flexibility index (Phi) is 5.77. The molecule has 4 nitrogen and oxygen atoms in total. The molecule has 3 rings (SSSR count). The fourth-order valence-electron chi connectivity index (χ4n) is 2.84. The van der Waals surface area contributed by atoms with Crippen molar-refractivity contribution in [1.29, 1.82) is 0 Å². The molecule has 0 aliphatic heterocycles.